The maximum atomic E-state index is 13.4. The van der Waals surface area contributed by atoms with Crippen LogP contribution in [0, 0.1) is 81.9 Å². The zero-order chi connectivity index (χ0) is 21.9. The molecule has 0 bridgehead atoms. The van der Waals surface area contributed by atoms with E-state index in [9.17, 15) is 43.9 Å². The second-order valence-electron chi connectivity index (χ2n) is 5.35. The highest BCUT2D eigenvalue weighted by atomic mass is 19.2. The summed E-state index contributed by atoms with van der Waals surface area (Å²) < 4.78 is 131. The molecule has 0 radical (unpaired) electrons. The summed E-state index contributed by atoms with van der Waals surface area (Å²) in [5.74, 6) is -13.8. The summed E-state index contributed by atoms with van der Waals surface area (Å²) >= 11 is 0. The first-order valence-corrected chi connectivity index (χ1v) is 7.60. The Morgan fingerprint density at radius 1 is 0.379 bits per heavy atom. The van der Waals surface area contributed by atoms with E-state index < -0.39 is 69.3 Å². The van der Waals surface area contributed by atoms with Gasteiger partial charge in [0.05, 0.1) is 0 Å². The van der Waals surface area contributed by atoms with Gasteiger partial charge in [0, 0.05) is 12.8 Å². The van der Waals surface area contributed by atoms with Gasteiger partial charge < -0.3 is 0 Å². The Balaban J connectivity index is 2.08. The highest BCUT2D eigenvalue weighted by Gasteiger charge is 2.25. The van der Waals surface area contributed by atoms with Crippen LogP contribution >= 0.6 is 0 Å². The van der Waals surface area contributed by atoms with Gasteiger partial charge in [0.1, 0.15) is 11.1 Å². The van der Waals surface area contributed by atoms with Crippen molar-refractivity contribution in [3.8, 4) is 23.7 Å². The largest absolute Gasteiger partial charge is 0.202 e. The Bertz CT molecular complexity index is 951. The highest BCUT2D eigenvalue weighted by molar-refractivity contribution is 5.39. The summed E-state index contributed by atoms with van der Waals surface area (Å²) in [7, 11) is 0. The van der Waals surface area contributed by atoms with Gasteiger partial charge in [-0.3, -0.25) is 0 Å². The minimum absolute atomic E-state index is 0.00476. The minimum Gasteiger partial charge on any atom is -0.202 e. The number of unbranched alkanes of at least 4 members (excludes halogenated alkanes) is 2. The molecule has 2 rings (SSSR count). The van der Waals surface area contributed by atoms with Gasteiger partial charge in [-0.2, -0.15) is 0 Å². The number of halogens is 10. The molecule has 2 aromatic rings. The summed E-state index contributed by atoms with van der Waals surface area (Å²) in [6.07, 6.45) is -0.346. The summed E-state index contributed by atoms with van der Waals surface area (Å²) in [5.41, 5.74) is -2.65. The molecule has 0 heterocycles. The van der Waals surface area contributed by atoms with Gasteiger partial charge in [-0.15, -0.1) is 0 Å². The molecule has 0 unspecified atom stereocenters. The summed E-state index contributed by atoms with van der Waals surface area (Å²) in [6, 6.07) is 0. The topological polar surface area (TPSA) is 0 Å². The monoisotopic (exact) mass is 424 g/mol. The smallest absolute Gasteiger partial charge is 0.200 e. The standard InChI is InChI=1S/C19H6F10/c20-10-8(11(21)15(25)18(28)14(10)24)6-4-2-1-3-5-7-9-12(22)16(26)19(29)17(27)13(9)23/h1-3H2. The van der Waals surface area contributed by atoms with Crippen molar-refractivity contribution in [2.45, 2.75) is 19.3 Å². The number of hydrogen-bond donors (Lipinski definition) is 0. The lowest BCUT2D eigenvalue weighted by atomic mass is 10.1. The van der Waals surface area contributed by atoms with Gasteiger partial charge in [-0.1, -0.05) is 23.7 Å². The molecule has 0 saturated heterocycles. The Morgan fingerprint density at radius 2 is 0.621 bits per heavy atom. The Morgan fingerprint density at radius 3 is 0.897 bits per heavy atom. The number of benzene rings is 2. The first kappa shape index (κ1) is 22.2. The van der Waals surface area contributed by atoms with Gasteiger partial charge in [0.2, 0.25) is 11.6 Å². The van der Waals surface area contributed by atoms with Crippen LogP contribution in [0.3, 0.4) is 0 Å². The van der Waals surface area contributed by atoms with Crippen LogP contribution in [0.2, 0.25) is 0 Å². The van der Waals surface area contributed by atoms with Gasteiger partial charge in [-0.05, 0) is 6.42 Å². The minimum atomic E-state index is -2.33. The molecule has 0 N–H and O–H groups in total. The third kappa shape index (κ3) is 4.32. The number of rotatable bonds is 2. The van der Waals surface area contributed by atoms with Crippen molar-refractivity contribution in [3.05, 3.63) is 69.3 Å². The van der Waals surface area contributed by atoms with Crippen molar-refractivity contribution in [3.63, 3.8) is 0 Å². The van der Waals surface area contributed by atoms with Crippen molar-refractivity contribution in [2.75, 3.05) is 0 Å². The Hall–Kier alpha value is -3.14. The molecule has 0 aliphatic rings. The molecule has 0 fully saturated rings. The van der Waals surface area contributed by atoms with E-state index in [1.807, 2.05) is 0 Å². The molecule has 0 spiro atoms. The Labute approximate surface area is 157 Å². The van der Waals surface area contributed by atoms with Crippen molar-refractivity contribution >= 4 is 0 Å². The molecular formula is C19H6F10. The van der Waals surface area contributed by atoms with E-state index in [-0.39, 0.29) is 19.3 Å². The van der Waals surface area contributed by atoms with Crippen LogP contribution in [0.1, 0.15) is 30.4 Å². The van der Waals surface area contributed by atoms with Crippen LogP contribution < -0.4 is 0 Å². The lowest BCUT2D eigenvalue weighted by Gasteiger charge is -2.02. The van der Waals surface area contributed by atoms with E-state index in [0.717, 1.165) is 0 Å². The average molecular weight is 424 g/mol. The molecule has 0 amide bonds. The predicted molar refractivity (Wildman–Crippen MR) is 80.1 cm³/mol. The van der Waals surface area contributed by atoms with Gasteiger partial charge >= 0.3 is 0 Å². The lowest BCUT2D eigenvalue weighted by molar-refractivity contribution is 0.376. The zero-order valence-electron chi connectivity index (χ0n) is 13.9. The molecule has 2 aromatic carbocycles. The van der Waals surface area contributed by atoms with Crippen LogP contribution in [-0.4, -0.2) is 0 Å². The molecule has 0 aliphatic carbocycles. The first-order valence-electron chi connectivity index (χ1n) is 7.60. The average Bonchev–Trinajstić information content (AvgIpc) is 2.71. The van der Waals surface area contributed by atoms with Crippen molar-refractivity contribution in [1.29, 1.82) is 0 Å². The molecule has 0 saturated carbocycles. The van der Waals surface area contributed by atoms with Crippen LogP contribution in [0.25, 0.3) is 0 Å². The maximum Gasteiger partial charge on any atom is 0.200 e. The van der Waals surface area contributed by atoms with Crippen LogP contribution in [0.5, 0.6) is 0 Å². The Kier molecular flexibility index (Phi) is 6.80. The fourth-order valence-corrected chi connectivity index (χ4v) is 2.00. The first-order chi connectivity index (χ1) is 13.6. The molecule has 152 valence electrons. The fraction of sp³-hybridized carbons (Fsp3) is 0.158. The van der Waals surface area contributed by atoms with Crippen LogP contribution in [0.15, 0.2) is 0 Å². The zero-order valence-corrected chi connectivity index (χ0v) is 13.9. The van der Waals surface area contributed by atoms with E-state index in [4.69, 9.17) is 0 Å². The van der Waals surface area contributed by atoms with Crippen LogP contribution in [-0.2, 0) is 0 Å². The second-order valence-corrected chi connectivity index (χ2v) is 5.35. The van der Waals surface area contributed by atoms with Crippen molar-refractivity contribution in [2.24, 2.45) is 0 Å². The quantitative estimate of drug-likeness (QED) is 0.192. The third-order valence-electron chi connectivity index (χ3n) is 3.45. The van der Waals surface area contributed by atoms with Gasteiger partial charge in [-0.25, -0.2) is 43.9 Å². The highest BCUT2D eigenvalue weighted by Crippen LogP contribution is 2.23. The van der Waals surface area contributed by atoms with Crippen molar-refractivity contribution < 1.29 is 43.9 Å². The van der Waals surface area contributed by atoms with E-state index in [2.05, 4.69) is 11.8 Å². The SMILES string of the molecule is Fc1c(F)c(F)c(C#CCCCC#Cc2c(F)c(F)c(F)c(F)c2F)c(F)c1F. The summed E-state index contributed by atoms with van der Waals surface area (Å²) in [5, 5.41) is 0. The van der Waals surface area contributed by atoms with E-state index in [1.165, 1.54) is 0 Å². The van der Waals surface area contributed by atoms with E-state index in [1.54, 1.807) is 11.8 Å². The predicted octanol–water partition coefficient (Wildman–Crippen LogP) is 5.65. The van der Waals surface area contributed by atoms with E-state index in [0.29, 0.717) is 0 Å². The second kappa shape index (κ2) is 8.91. The van der Waals surface area contributed by atoms with Crippen LogP contribution in [0.4, 0.5) is 43.9 Å². The van der Waals surface area contributed by atoms with E-state index >= 15 is 0 Å². The van der Waals surface area contributed by atoms with Gasteiger partial charge in [0.25, 0.3) is 0 Å². The number of hydrogen-bond acceptors (Lipinski definition) is 0. The fourth-order valence-electron chi connectivity index (χ4n) is 2.00. The normalized spacial score (nSPS) is 10.3. The molecule has 0 aliphatic heterocycles. The molecular weight excluding hydrogens is 418 g/mol. The molecule has 29 heavy (non-hydrogen) atoms. The molecule has 0 nitrogen and oxygen atoms in total. The van der Waals surface area contributed by atoms with Gasteiger partial charge in [0.15, 0.2) is 46.5 Å². The third-order valence-corrected chi connectivity index (χ3v) is 3.45. The maximum absolute atomic E-state index is 13.4. The van der Waals surface area contributed by atoms with Crippen molar-refractivity contribution in [1.82, 2.24) is 0 Å². The molecule has 0 atom stereocenters. The lowest BCUT2D eigenvalue weighted by Crippen LogP contribution is -2.04. The molecule has 0 aromatic heterocycles. The molecule has 10 heteroatoms. The summed E-state index contributed by atoms with van der Waals surface area (Å²) in [4.78, 5) is 0. The summed E-state index contributed by atoms with van der Waals surface area (Å²) in [6.45, 7) is 0.